The predicted molar refractivity (Wildman–Crippen MR) is 57.8 cm³/mol. The van der Waals surface area contributed by atoms with Gasteiger partial charge in [-0.2, -0.15) is 0 Å². The topological polar surface area (TPSA) is 73.9 Å². The fourth-order valence-corrected chi connectivity index (χ4v) is 1.45. The Morgan fingerprint density at radius 1 is 1.31 bits per heavy atom. The molecule has 0 atom stereocenters. The summed E-state index contributed by atoms with van der Waals surface area (Å²) in [7, 11) is 0. The van der Waals surface area contributed by atoms with Gasteiger partial charge in [0.2, 0.25) is 5.91 Å². The average molecular weight is 227 g/mol. The molecule has 1 aromatic heterocycles. The maximum absolute atomic E-state index is 11.7. The number of aryl methyl sites for hydroxylation is 1. The van der Waals surface area contributed by atoms with Gasteiger partial charge in [0.05, 0.1) is 19.5 Å². The van der Waals surface area contributed by atoms with Crippen molar-refractivity contribution in [1.29, 1.82) is 0 Å². The molecule has 1 aromatic rings. The molecule has 0 bridgehead atoms. The predicted octanol–water partition coefficient (Wildman–Crippen LogP) is 0.0254. The maximum atomic E-state index is 11.7. The van der Waals surface area contributed by atoms with E-state index in [2.05, 4.69) is 0 Å². The largest absolute Gasteiger partial charge is 0.469 e. The first-order valence-corrected chi connectivity index (χ1v) is 5.29. The van der Waals surface area contributed by atoms with Crippen LogP contribution in [0.1, 0.15) is 12.2 Å². The number of carbonyl (C=O) groups is 1. The van der Waals surface area contributed by atoms with Crippen molar-refractivity contribution in [1.82, 2.24) is 4.90 Å². The number of amides is 1. The summed E-state index contributed by atoms with van der Waals surface area (Å²) in [5, 5.41) is 17.5. The lowest BCUT2D eigenvalue weighted by molar-refractivity contribution is -0.132. The van der Waals surface area contributed by atoms with Gasteiger partial charge in [0.25, 0.3) is 0 Å². The van der Waals surface area contributed by atoms with E-state index < -0.39 is 0 Å². The van der Waals surface area contributed by atoms with Crippen molar-refractivity contribution in [2.75, 3.05) is 26.3 Å². The lowest BCUT2D eigenvalue weighted by atomic mass is 10.2. The highest BCUT2D eigenvalue weighted by molar-refractivity contribution is 5.76. The van der Waals surface area contributed by atoms with E-state index in [9.17, 15) is 4.79 Å². The quantitative estimate of drug-likeness (QED) is 0.689. The first kappa shape index (κ1) is 12.7. The molecule has 0 aromatic carbocycles. The minimum Gasteiger partial charge on any atom is -0.469 e. The Morgan fingerprint density at radius 2 is 2.00 bits per heavy atom. The molecule has 16 heavy (non-hydrogen) atoms. The highest BCUT2D eigenvalue weighted by atomic mass is 16.3. The van der Waals surface area contributed by atoms with E-state index in [1.165, 1.54) is 4.90 Å². The highest BCUT2D eigenvalue weighted by Gasteiger charge is 2.12. The molecule has 0 aliphatic carbocycles. The molecule has 0 fully saturated rings. The van der Waals surface area contributed by atoms with Crippen LogP contribution in [0, 0.1) is 0 Å². The number of rotatable bonds is 7. The first-order chi connectivity index (χ1) is 7.77. The summed E-state index contributed by atoms with van der Waals surface area (Å²) in [6.45, 7) is 0.341. The van der Waals surface area contributed by atoms with Crippen LogP contribution >= 0.6 is 0 Å². The summed E-state index contributed by atoms with van der Waals surface area (Å²) in [6, 6.07) is 3.59. The number of aliphatic hydroxyl groups is 2. The molecular weight excluding hydrogens is 210 g/mol. The van der Waals surface area contributed by atoms with Gasteiger partial charge in [-0.25, -0.2) is 0 Å². The minimum atomic E-state index is -0.0908. The minimum absolute atomic E-state index is 0.0838. The molecule has 1 heterocycles. The van der Waals surface area contributed by atoms with Crippen molar-refractivity contribution < 1.29 is 19.4 Å². The normalized spacial score (nSPS) is 10.4. The van der Waals surface area contributed by atoms with Crippen molar-refractivity contribution in [3.63, 3.8) is 0 Å². The molecule has 5 heteroatoms. The van der Waals surface area contributed by atoms with Crippen molar-refractivity contribution in [3.05, 3.63) is 24.2 Å². The van der Waals surface area contributed by atoms with E-state index in [1.54, 1.807) is 12.3 Å². The van der Waals surface area contributed by atoms with Gasteiger partial charge < -0.3 is 19.5 Å². The van der Waals surface area contributed by atoms with Gasteiger partial charge in [0.15, 0.2) is 0 Å². The Balaban J connectivity index is 2.36. The molecule has 1 rings (SSSR count). The standard InChI is InChI=1S/C11H17NO4/c13-7-5-12(6-8-14)11(15)4-3-10-2-1-9-16-10/h1-2,9,13-14H,3-8H2. The van der Waals surface area contributed by atoms with Crippen LogP contribution in [-0.4, -0.2) is 47.3 Å². The second-order valence-electron chi connectivity index (χ2n) is 3.41. The van der Waals surface area contributed by atoms with Gasteiger partial charge >= 0.3 is 0 Å². The summed E-state index contributed by atoms with van der Waals surface area (Å²) in [5.74, 6) is 0.681. The summed E-state index contributed by atoms with van der Waals surface area (Å²) < 4.78 is 5.11. The SMILES string of the molecule is O=C(CCc1ccco1)N(CCO)CCO. The summed E-state index contributed by atoms with van der Waals surface area (Å²) in [5.41, 5.74) is 0. The molecule has 0 unspecified atom stereocenters. The second-order valence-corrected chi connectivity index (χ2v) is 3.41. The highest BCUT2D eigenvalue weighted by Crippen LogP contribution is 2.05. The molecule has 0 saturated heterocycles. The third-order valence-electron chi connectivity index (χ3n) is 2.26. The number of aliphatic hydroxyl groups excluding tert-OH is 2. The maximum Gasteiger partial charge on any atom is 0.223 e. The zero-order valence-electron chi connectivity index (χ0n) is 9.13. The summed E-state index contributed by atoms with van der Waals surface area (Å²) in [6.07, 6.45) is 2.44. The van der Waals surface area contributed by atoms with Crippen LogP contribution in [0.5, 0.6) is 0 Å². The van der Waals surface area contributed by atoms with E-state index >= 15 is 0 Å². The lowest BCUT2D eigenvalue weighted by Gasteiger charge is -2.20. The molecule has 5 nitrogen and oxygen atoms in total. The van der Waals surface area contributed by atoms with Crippen LogP contribution in [-0.2, 0) is 11.2 Å². The van der Waals surface area contributed by atoms with E-state index in [-0.39, 0.29) is 32.2 Å². The number of furan rings is 1. The number of hydrogen-bond donors (Lipinski definition) is 2. The summed E-state index contributed by atoms with van der Waals surface area (Å²) in [4.78, 5) is 13.1. The number of nitrogens with zero attached hydrogens (tertiary/aromatic N) is 1. The first-order valence-electron chi connectivity index (χ1n) is 5.29. The fraction of sp³-hybridized carbons (Fsp3) is 0.545. The molecule has 0 aliphatic rings. The van der Waals surface area contributed by atoms with E-state index in [0.717, 1.165) is 5.76 Å². The van der Waals surface area contributed by atoms with Crippen LogP contribution in [0.4, 0.5) is 0 Å². The zero-order chi connectivity index (χ0) is 11.8. The molecule has 2 N–H and O–H groups in total. The molecule has 90 valence electrons. The second kappa shape index (κ2) is 7.03. The Bertz CT molecular complexity index is 291. The van der Waals surface area contributed by atoms with Crippen molar-refractivity contribution in [3.8, 4) is 0 Å². The van der Waals surface area contributed by atoms with E-state index in [1.807, 2.05) is 6.07 Å². The van der Waals surface area contributed by atoms with Crippen LogP contribution in [0.2, 0.25) is 0 Å². The Morgan fingerprint density at radius 3 is 2.50 bits per heavy atom. The Hall–Kier alpha value is -1.33. The monoisotopic (exact) mass is 227 g/mol. The van der Waals surface area contributed by atoms with Crippen LogP contribution in [0.15, 0.2) is 22.8 Å². The molecule has 0 spiro atoms. The van der Waals surface area contributed by atoms with Gasteiger partial charge in [0, 0.05) is 25.9 Å². The van der Waals surface area contributed by atoms with E-state index in [4.69, 9.17) is 14.6 Å². The van der Waals surface area contributed by atoms with Gasteiger partial charge in [-0.1, -0.05) is 0 Å². The van der Waals surface area contributed by atoms with Crippen molar-refractivity contribution in [2.24, 2.45) is 0 Å². The molecule has 0 radical (unpaired) electrons. The van der Waals surface area contributed by atoms with E-state index in [0.29, 0.717) is 12.8 Å². The molecular formula is C11H17NO4. The smallest absolute Gasteiger partial charge is 0.223 e. The third-order valence-corrected chi connectivity index (χ3v) is 2.26. The van der Waals surface area contributed by atoms with Crippen LogP contribution in [0.25, 0.3) is 0 Å². The Labute approximate surface area is 94.3 Å². The fourth-order valence-electron chi connectivity index (χ4n) is 1.45. The molecule has 0 aliphatic heterocycles. The third kappa shape index (κ3) is 4.04. The van der Waals surface area contributed by atoms with Gasteiger partial charge in [-0.05, 0) is 12.1 Å². The number of hydrogen-bond acceptors (Lipinski definition) is 4. The summed E-state index contributed by atoms with van der Waals surface area (Å²) >= 11 is 0. The van der Waals surface area contributed by atoms with Crippen molar-refractivity contribution >= 4 is 5.91 Å². The van der Waals surface area contributed by atoms with Gasteiger partial charge in [0.1, 0.15) is 5.76 Å². The Kier molecular flexibility index (Phi) is 5.60. The number of carbonyl (C=O) groups excluding carboxylic acids is 1. The van der Waals surface area contributed by atoms with Crippen LogP contribution in [0.3, 0.4) is 0 Å². The van der Waals surface area contributed by atoms with Gasteiger partial charge in [-0.3, -0.25) is 4.79 Å². The van der Waals surface area contributed by atoms with Crippen molar-refractivity contribution in [2.45, 2.75) is 12.8 Å². The molecule has 0 saturated carbocycles. The van der Waals surface area contributed by atoms with Crippen LogP contribution < -0.4 is 0 Å². The average Bonchev–Trinajstić information content (AvgIpc) is 2.78. The zero-order valence-corrected chi connectivity index (χ0v) is 9.13. The lowest BCUT2D eigenvalue weighted by Crippen LogP contribution is -2.35. The molecule has 1 amide bonds. The van der Waals surface area contributed by atoms with Gasteiger partial charge in [-0.15, -0.1) is 0 Å².